The molecule has 0 aromatic heterocycles. The Bertz CT molecular complexity index is 363. The van der Waals surface area contributed by atoms with Crippen molar-refractivity contribution in [3.63, 3.8) is 0 Å². The van der Waals surface area contributed by atoms with Crippen molar-refractivity contribution < 1.29 is 4.84 Å². The molecule has 0 bridgehead atoms. The number of fused-ring (bicyclic) bond motifs is 1. The number of thioether (sulfide) groups is 1. The Hall–Kier alpha value is -0.960. The molecule has 0 radical (unpaired) electrons. The van der Waals surface area contributed by atoms with Crippen LogP contribution in [0.25, 0.3) is 0 Å². The third kappa shape index (κ3) is 1.23. The summed E-state index contributed by atoms with van der Waals surface area (Å²) in [5.41, 5.74) is 2.33. The molecule has 2 heterocycles. The van der Waals surface area contributed by atoms with Crippen LogP contribution in [-0.4, -0.2) is 22.8 Å². The Morgan fingerprint density at radius 2 is 2.14 bits per heavy atom. The van der Waals surface area contributed by atoms with Gasteiger partial charge in [-0.25, -0.2) is 0 Å². The van der Waals surface area contributed by atoms with Crippen molar-refractivity contribution in [2.75, 3.05) is 5.75 Å². The van der Waals surface area contributed by atoms with E-state index in [1.165, 1.54) is 11.3 Å². The molecule has 3 rings (SSSR count). The first-order chi connectivity index (χ1) is 6.95. The van der Waals surface area contributed by atoms with Crippen LogP contribution >= 0.6 is 11.8 Å². The molecule has 0 amide bonds. The smallest absolute Gasteiger partial charge is 0.145 e. The Morgan fingerprint density at radius 3 is 3.00 bits per heavy atom. The van der Waals surface area contributed by atoms with Crippen LogP contribution in [0.1, 0.15) is 12.0 Å². The molecule has 2 unspecified atom stereocenters. The summed E-state index contributed by atoms with van der Waals surface area (Å²) >= 11 is 1.96. The van der Waals surface area contributed by atoms with Crippen LogP contribution in [0.2, 0.25) is 0 Å². The lowest BCUT2D eigenvalue weighted by atomic mass is 10.0. The fourth-order valence-corrected chi connectivity index (χ4v) is 3.29. The van der Waals surface area contributed by atoms with E-state index >= 15 is 0 Å². The average molecular weight is 205 g/mol. The van der Waals surface area contributed by atoms with Gasteiger partial charge in [-0.05, 0) is 12.2 Å². The topological polar surface area (TPSA) is 21.6 Å². The second-order valence-corrected chi connectivity index (χ2v) is 4.82. The van der Waals surface area contributed by atoms with E-state index in [2.05, 4.69) is 17.3 Å². The molecule has 2 aliphatic rings. The average Bonchev–Trinajstić information content (AvgIpc) is 2.79. The number of nitrogens with zero attached hydrogens (tertiary/aromatic N) is 1. The zero-order valence-electron chi connectivity index (χ0n) is 7.72. The SMILES string of the molecule is c1ccc(C2=NOC3CCSC23)cc1. The lowest BCUT2D eigenvalue weighted by Gasteiger charge is -2.07. The van der Waals surface area contributed by atoms with Crippen molar-refractivity contribution in [1.29, 1.82) is 0 Å². The van der Waals surface area contributed by atoms with Gasteiger partial charge in [0, 0.05) is 5.56 Å². The molecule has 0 spiro atoms. The van der Waals surface area contributed by atoms with Gasteiger partial charge in [0.05, 0.1) is 5.25 Å². The lowest BCUT2D eigenvalue weighted by molar-refractivity contribution is 0.0902. The molecule has 0 N–H and O–H groups in total. The fourth-order valence-electron chi connectivity index (χ4n) is 1.94. The molecule has 0 aliphatic carbocycles. The number of hydrogen-bond acceptors (Lipinski definition) is 3. The quantitative estimate of drug-likeness (QED) is 0.701. The molecule has 2 nitrogen and oxygen atoms in total. The lowest BCUT2D eigenvalue weighted by Crippen LogP contribution is -2.21. The summed E-state index contributed by atoms with van der Waals surface area (Å²) in [5.74, 6) is 1.20. The van der Waals surface area contributed by atoms with Crippen molar-refractivity contribution in [2.24, 2.45) is 5.16 Å². The highest BCUT2D eigenvalue weighted by molar-refractivity contribution is 8.01. The monoisotopic (exact) mass is 205 g/mol. The standard InChI is InChI=1S/C11H11NOS/c1-2-4-8(5-3-1)10-11-9(13-12-10)6-7-14-11/h1-5,9,11H,6-7H2. The number of benzene rings is 1. The zero-order chi connectivity index (χ0) is 9.38. The summed E-state index contributed by atoms with van der Waals surface area (Å²) in [6.07, 6.45) is 1.46. The summed E-state index contributed by atoms with van der Waals surface area (Å²) in [7, 11) is 0. The fraction of sp³-hybridized carbons (Fsp3) is 0.364. The van der Waals surface area contributed by atoms with Gasteiger partial charge in [0.2, 0.25) is 0 Å². The van der Waals surface area contributed by atoms with Crippen molar-refractivity contribution in [1.82, 2.24) is 0 Å². The third-order valence-corrected chi connectivity index (χ3v) is 4.02. The second-order valence-electron chi connectivity index (χ2n) is 3.57. The molecular weight excluding hydrogens is 194 g/mol. The van der Waals surface area contributed by atoms with E-state index in [1.807, 2.05) is 30.0 Å². The van der Waals surface area contributed by atoms with Crippen molar-refractivity contribution in [3.8, 4) is 0 Å². The van der Waals surface area contributed by atoms with Gasteiger partial charge in [-0.1, -0.05) is 35.5 Å². The van der Waals surface area contributed by atoms with E-state index in [4.69, 9.17) is 4.84 Å². The maximum atomic E-state index is 5.41. The van der Waals surface area contributed by atoms with Gasteiger partial charge in [-0.15, -0.1) is 11.8 Å². The van der Waals surface area contributed by atoms with Crippen LogP contribution in [0, 0.1) is 0 Å². The minimum Gasteiger partial charge on any atom is -0.391 e. The van der Waals surface area contributed by atoms with E-state index < -0.39 is 0 Å². The third-order valence-electron chi connectivity index (χ3n) is 2.66. The molecule has 1 aromatic rings. The molecule has 72 valence electrons. The van der Waals surface area contributed by atoms with E-state index in [9.17, 15) is 0 Å². The van der Waals surface area contributed by atoms with Crippen LogP contribution in [0.3, 0.4) is 0 Å². The van der Waals surface area contributed by atoms with E-state index in [-0.39, 0.29) is 0 Å². The van der Waals surface area contributed by atoms with Crippen molar-refractivity contribution >= 4 is 17.5 Å². The van der Waals surface area contributed by atoms with Crippen molar-refractivity contribution in [3.05, 3.63) is 35.9 Å². The largest absolute Gasteiger partial charge is 0.391 e. The molecule has 3 heteroatoms. The predicted molar refractivity (Wildman–Crippen MR) is 58.7 cm³/mol. The van der Waals surface area contributed by atoms with E-state index in [1.54, 1.807) is 0 Å². The molecule has 2 atom stereocenters. The van der Waals surface area contributed by atoms with Gasteiger partial charge in [0.25, 0.3) is 0 Å². The minimum absolute atomic E-state index is 0.329. The first kappa shape index (κ1) is 8.36. The number of rotatable bonds is 1. The van der Waals surface area contributed by atoms with Gasteiger partial charge in [0.1, 0.15) is 11.8 Å². The van der Waals surface area contributed by atoms with Gasteiger partial charge >= 0.3 is 0 Å². The molecule has 0 saturated carbocycles. The first-order valence-corrected chi connectivity index (χ1v) is 5.91. The number of hydrogen-bond donors (Lipinski definition) is 0. The van der Waals surface area contributed by atoms with E-state index in [0.717, 1.165) is 12.1 Å². The number of oxime groups is 1. The molecule has 1 aromatic carbocycles. The van der Waals surface area contributed by atoms with Crippen LogP contribution < -0.4 is 0 Å². The Balaban J connectivity index is 1.93. The Kier molecular flexibility index (Phi) is 1.98. The van der Waals surface area contributed by atoms with Gasteiger partial charge in [-0.3, -0.25) is 0 Å². The highest BCUT2D eigenvalue weighted by Gasteiger charge is 2.39. The van der Waals surface area contributed by atoms with Crippen LogP contribution in [0.15, 0.2) is 35.5 Å². The van der Waals surface area contributed by atoms with E-state index in [0.29, 0.717) is 11.4 Å². The summed E-state index contributed by atoms with van der Waals surface area (Å²) in [4.78, 5) is 5.41. The summed E-state index contributed by atoms with van der Waals surface area (Å²) in [6, 6.07) is 10.3. The van der Waals surface area contributed by atoms with Gasteiger partial charge < -0.3 is 4.84 Å². The summed E-state index contributed by atoms with van der Waals surface area (Å²) in [6.45, 7) is 0. The van der Waals surface area contributed by atoms with Crippen molar-refractivity contribution in [2.45, 2.75) is 17.8 Å². The van der Waals surface area contributed by atoms with Crippen LogP contribution in [-0.2, 0) is 4.84 Å². The normalized spacial score (nSPS) is 29.6. The molecule has 14 heavy (non-hydrogen) atoms. The molecular formula is C11H11NOS. The first-order valence-electron chi connectivity index (χ1n) is 4.86. The molecule has 1 saturated heterocycles. The highest BCUT2D eigenvalue weighted by atomic mass is 32.2. The van der Waals surface area contributed by atoms with Gasteiger partial charge in [0.15, 0.2) is 0 Å². The maximum absolute atomic E-state index is 5.41. The molecule has 1 fully saturated rings. The summed E-state index contributed by atoms with van der Waals surface area (Å²) < 4.78 is 0. The molecule has 2 aliphatic heterocycles. The van der Waals surface area contributed by atoms with Crippen LogP contribution in [0.4, 0.5) is 0 Å². The maximum Gasteiger partial charge on any atom is 0.145 e. The second kappa shape index (κ2) is 3.31. The zero-order valence-corrected chi connectivity index (χ0v) is 8.54. The predicted octanol–water partition coefficient (Wildman–Crippen LogP) is 2.29. The summed E-state index contributed by atoms with van der Waals surface area (Å²) in [5, 5.41) is 4.66. The Labute approximate surface area is 87.3 Å². The highest BCUT2D eigenvalue weighted by Crippen LogP contribution is 2.36. The van der Waals surface area contributed by atoms with Gasteiger partial charge in [-0.2, -0.15) is 0 Å². The minimum atomic E-state index is 0.329. The van der Waals surface area contributed by atoms with Crippen LogP contribution in [0.5, 0.6) is 0 Å². The Morgan fingerprint density at radius 1 is 1.29 bits per heavy atom.